The maximum absolute atomic E-state index is 13.7. The van der Waals surface area contributed by atoms with Gasteiger partial charge in [0.2, 0.25) is 11.8 Å². The number of likely N-dealkylation sites (tertiary alicyclic amines) is 1. The number of hydrogen-bond donors (Lipinski definition) is 1. The summed E-state index contributed by atoms with van der Waals surface area (Å²) in [6, 6.07) is 19.2. The summed E-state index contributed by atoms with van der Waals surface area (Å²) < 4.78 is 5.19. The van der Waals surface area contributed by atoms with E-state index in [2.05, 4.69) is 5.32 Å². The SMILES string of the molecule is C[C@@H](C(=O)OCC(=O)Nc1ccc(Cl)cc1Cl)N1C(=O)[C@@H]2C3c4ccccc4C(c4ccccc43)[C@@H]2C1=O. The van der Waals surface area contributed by atoms with E-state index < -0.39 is 36.4 Å². The van der Waals surface area contributed by atoms with E-state index in [0.29, 0.717) is 10.7 Å². The van der Waals surface area contributed by atoms with Gasteiger partial charge >= 0.3 is 5.97 Å². The van der Waals surface area contributed by atoms with Crippen LogP contribution in [0.25, 0.3) is 0 Å². The summed E-state index contributed by atoms with van der Waals surface area (Å²) in [5.41, 5.74) is 4.51. The van der Waals surface area contributed by atoms with Gasteiger partial charge in [-0.1, -0.05) is 71.7 Å². The van der Waals surface area contributed by atoms with Crippen molar-refractivity contribution in [3.8, 4) is 0 Å². The highest BCUT2D eigenvalue weighted by atomic mass is 35.5. The number of ether oxygens (including phenoxy) is 1. The molecule has 3 aromatic rings. The van der Waals surface area contributed by atoms with E-state index in [1.54, 1.807) is 6.07 Å². The van der Waals surface area contributed by atoms with Gasteiger partial charge < -0.3 is 10.1 Å². The zero-order chi connectivity index (χ0) is 26.7. The quantitative estimate of drug-likeness (QED) is 0.366. The van der Waals surface area contributed by atoms with E-state index in [1.807, 2.05) is 48.5 Å². The largest absolute Gasteiger partial charge is 0.454 e. The number of nitrogens with one attached hydrogen (secondary N) is 1. The van der Waals surface area contributed by atoms with E-state index in [-0.39, 0.29) is 28.7 Å². The third-order valence-corrected chi connectivity index (χ3v) is 8.31. The Kier molecular flexibility index (Phi) is 6.00. The molecule has 3 aliphatic carbocycles. The van der Waals surface area contributed by atoms with Crippen LogP contribution in [0.4, 0.5) is 5.69 Å². The fourth-order valence-corrected chi connectivity index (χ4v) is 6.68. The van der Waals surface area contributed by atoms with Gasteiger partial charge in [0.25, 0.3) is 5.91 Å². The number of carbonyl (C=O) groups is 4. The topological polar surface area (TPSA) is 92.8 Å². The average molecular weight is 549 g/mol. The molecule has 1 N–H and O–H groups in total. The summed E-state index contributed by atoms with van der Waals surface area (Å²) in [6.45, 7) is 0.846. The second kappa shape index (κ2) is 9.26. The van der Waals surface area contributed by atoms with Gasteiger partial charge in [-0.2, -0.15) is 0 Å². The first-order valence-electron chi connectivity index (χ1n) is 12.2. The molecule has 2 bridgehead atoms. The van der Waals surface area contributed by atoms with Gasteiger partial charge in [-0.25, -0.2) is 4.79 Å². The number of amides is 3. The molecule has 0 radical (unpaired) electrons. The molecule has 3 atom stereocenters. The number of carbonyl (C=O) groups excluding carboxylic acids is 4. The standard InChI is InChI=1S/C29H22Cl2N2O5/c1-14(29(37)38-13-22(34)32-21-11-10-15(30)12-20(21)31)33-27(35)25-23-16-6-2-3-7-17(16)24(26(25)28(33)36)19-9-5-4-8-18(19)23/h2-12,14,23-26H,13H2,1H3,(H,32,34)/t14-,23?,24?,25-,26+/m0/s1. The smallest absolute Gasteiger partial charge is 0.329 e. The number of hydrogen-bond acceptors (Lipinski definition) is 5. The third-order valence-electron chi connectivity index (χ3n) is 7.76. The predicted molar refractivity (Wildman–Crippen MR) is 141 cm³/mol. The molecule has 1 saturated heterocycles. The fourth-order valence-electron chi connectivity index (χ4n) is 6.22. The molecule has 0 aromatic heterocycles. The lowest BCUT2D eigenvalue weighted by Gasteiger charge is -2.45. The van der Waals surface area contributed by atoms with Gasteiger partial charge in [0.1, 0.15) is 6.04 Å². The molecule has 4 aliphatic rings. The van der Waals surface area contributed by atoms with Gasteiger partial charge in [0.15, 0.2) is 6.61 Å². The molecule has 0 unspecified atom stereocenters. The highest BCUT2D eigenvalue weighted by Gasteiger charge is 2.62. The molecule has 0 saturated carbocycles. The van der Waals surface area contributed by atoms with Crippen molar-refractivity contribution >= 4 is 52.6 Å². The first kappa shape index (κ1) is 24.6. The molecule has 3 aromatic carbocycles. The van der Waals surface area contributed by atoms with Crippen LogP contribution in [0.1, 0.15) is 41.0 Å². The Balaban J connectivity index is 1.21. The summed E-state index contributed by atoms with van der Waals surface area (Å²) >= 11 is 11.9. The molecule has 7 nitrogen and oxygen atoms in total. The highest BCUT2D eigenvalue weighted by molar-refractivity contribution is 6.36. The second-order valence-corrected chi connectivity index (χ2v) is 10.6. The number of rotatable bonds is 5. The lowest BCUT2D eigenvalue weighted by molar-refractivity contribution is -0.159. The van der Waals surface area contributed by atoms with Crippen molar-refractivity contribution in [2.45, 2.75) is 24.8 Å². The van der Waals surface area contributed by atoms with Crippen LogP contribution >= 0.6 is 23.2 Å². The lowest BCUT2D eigenvalue weighted by Crippen LogP contribution is -2.45. The first-order valence-corrected chi connectivity index (χ1v) is 13.0. The minimum Gasteiger partial charge on any atom is -0.454 e. The summed E-state index contributed by atoms with van der Waals surface area (Å²) in [7, 11) is 0. The van der Waals surface area contributed by atoms with E-state index in [9.17, 15) is 19.2 Å². The fraction of sp³-hybridized carbons (Fsp3) is 0.241. The number of halogens is 2. The second-order valence-electron chi connectivity index (χ2n) is 9.77. The van der Waals surface area contributed by atoms with Gasteiger partial charge in [-0.3, -0.25) is 19.3 Å². The number of nitrogens with zero attached hydrogens (tertiary/aromatic N) is 1. The Morgan fingerprint density at radius 3 is 1.84 bits per heavy atom. The van der Waals surface area contributed by atoms with Crippen molar-refractivity contribution in [1.29, 1.82) is 0 Å². The van der Waals surface area contributed by atoms with Crippen LogP contribution in [0.5, 0.6) is 0 Å². The molecule has 9 heteroatoms. The summed E-state index contributed by atoms with van der Waals surface area (Å²) in [4.78, 5) is 53.8. The van der Waals surface area contributed by atoms with Gasteiger partial charge in [0, 0.05) is 16.9 Å². The molecule has 7 rings (SSSR count). The van der Waals surface area contributed by atoms with Crippen molar-refractivity contribution in [2.75, 3.05) is 11.9 Å². The number of benzene rings is 3. The first-order chi connectivity index (χ1) is 18.3. The van der Waals surface area contributed by atoms with Crippen molar-refractivity contribution in [2.24, 2.45) is 11.8 Å². The Hall–Kier alpha value is -3.68. The molecule has 38 heavy (non-hydrogen) atoms. The predicted octanol–water partition coefficient (Wildman–Crippen LogP) is 4.76. The maximum atomic E-state index is 13.7. The molecular weight excluding hydrogens is 527 g/mol. The Morgan fingerprint density at radius 1 is 0.868 bits per heavy atom. The van der Waals surface area contributed by atoms with Crippen LogP contribution < -0.4 is 5.32 Å². The minimum absolute atomic E-state index is 0.234. The molecule has 1 aliphatic heterocycles. The number of esters is 1. The lowest BCUT2D eigenvalue weighted by atomic mass is 9.55. The zero-order valence-electron chi connectivity index (χ0n) is 20.2. The monoisotopic (exact) mass is 548 g/mol. The van der Waals surface area contributed by atoms with Crippen molar-refractivity contribution in [1.82, 2.24) is 4.90 Å². The van der Waals surface area contributed by atoms with E-state index in [1.165, 1.54) is 19.1 Å². The molecule has 3 amide bonds. The van der Waals surface area contributed by atoms with Crippen molar-refractivity contribution in [3.63, 3.8) is 0 Å². The molecule has 192 valence electrons. The molecule has 1 fully saturated rings. The Morgan fingerprint density at radius 2 is 1.37 bits per heavy atom. The van der Waals surface area contributed by atoms with Crippen molar-refractivity contribution < 1.29 is 23.9 Å². The van der Waals surface area contributed by atoms with Gasteiger partial charge in [-0.15, -0.1) is 0 Å². The highest BCUT2D eigenvalue weighted by Crippen LogP contribution is 2.61. The van der Waals surface area contributed by atoms with Crippen LogP contribution in [-0.2, 0) is 23.9 Å². The Bertz CT molecular complexity index is 1410. The number of anilines is 1. The van der Waals surface area contributed by atoms with E-state index in [4.69, 9.17) is 27.9 Å². The normalized spacial score (nSPS) is 23.4. The van der Waals surface area contributed by atoms with Crippen LogP contribution in [0, 0.1) is 11.8 Å². The Labute approximate surface area is 228 Å². The third kappa shape index (κ3) is 3.72. The molecule has 1 heterocycles. The summed E-state index contributed by atoms with van der Waals surface area (Å²) in [6.07, 6.45) is 0. The summed E-state index contributed by atoms with van der Waals surface area (Å²) in [5.74, 6) is -3.96. The minimum atomic E-state index is -1.18. The average Bonchev–Trinajstić information content (AvgIpc) is 3.18. The van der Waals surface area contributed by atoms with Crippen LogP contribution in [-0.4, -0.2) is 41.2 Å². The van der Waals surface area contributed by atoms with E-state index >= 15 is 0 Å². The van der Waals surface area contributed by atoms with Gasteiger partial charge in [-0.05, 0) is 47.4 Å². The van der Waals surface area contributed by atoms with Crippen LogP contribution in [0.2, 0.25) is 10.0 Å². The van der Waals surface area contributed by atoms with E-state index in [0.717, 1.165) is 27.2 Å². The zero-order valence-corrected chi connectivity index (χ0v) is 21.7. The van der Waals surface area contributed by atoms with Crippen molar-refractivity contribution in [3.05, 3.63) is 99.0 Å². The summed E-state index contributed by atoms with van der Waals surface area (Å²) in [5, 5.41) is 3.19. The molecule has 0 spiro atoms. The number of imide groups is 1. The van der Waals surface area contributed by atoms with Crippen LogP contribution in [0.3, 0.4) is 0 Å². The maximum Gasteiger partial charge on any atom is 0.329 e. The van der Waals surface area contributed by atoms with Crippen LogP contribution in [0.15, 0.2) is 66.7 Å². The molecular formula is C29H22Cl2N2O5. The van der Waals surface area contributed by atoms with Gasteiger partial charge in [0.05, 0.1) is 22.5 Å².